The van der Waals surface area contributed by atoms with E-state index in [0.29, 0.717) is 12.8 Å². The summed E-state index contributed by atoms with van der Waals surface area (Å²) in [5.41, 5.74) is 0. The number of amides is 1. The molecule has 0 aromatic carbocycles. The van der Waals surface area contributed by atoms with Crippen molar-refractivity contribution in [2.75, 3.05) is 26.4 Å². The standard InChI is InChI=1S/C91H163NO18/c1-3-5-7-9-11-13-15-17-19-21-23-25-27-29-30-31-32-33-34-35-36-37-38-39-40-41-42-43-44-45-47-49-51-53-55-57-59-61-63-65-67-69-79(97)92-74(75(96)68-66-64-62-60-58-56-54-52-50-48-46-28-26-24-22-20-18-16-14-12-10-8-6-4-2)73-105-89-85(103)82(100)87(77(71-94)107-89)110-91-86(104)83(101)88(78(72-95)108-91)109-90-84(102)81(99)80(98)76(70-93)106-90/h5,7,11,13,17,19,23,25,29-30,32-33,35-36,74-78,80-91,93-96,98-104H,3-4,6,8-10,12,14-16,18,20-22,24,26-28,31,34,37-73H2,1-2H3,(H,92,97)/b7-5-,13-11-,19-17-,25-23-,30-29-,33-32-,36-35-. The van der Waals surface area contributed by atoms with Gasteiger partial charge in [-0.2, -0.15) is 0 Å². The molecule has 17 unspecified atom stereocenters. The zero-order valence-electron chi connectivity index (χ0n) is 69.0. The van der Waals surface area contributed by atoms with Crippen LogP contribution in [-0.4, -0.2) is 193 Å². The highest BCUT2D eigenvalue weighted by Crippen LogP contribution is 2.34. The van der Waals surface area contributed by atoms with Gasteiger partial charge in [-0.1, -0.05) is 362 Å². The zero-order chi connectivity index (χ0) is 79.5. The van der Waals surface area contributed by atoms with Crippen LogP contribution in [0.5, 0.6) is 0 Å². The number of rotatable bonds is 72. The number of nitrogens with one attached hydrogen (secondary N) is 1. The normalized spacial score (nSPS) is 25.6. The Hall–Kier alpha value is -3.03. The van der Waals surface area contributed by atoms with E-state index in [4.69, 9.17) is 28.4 Å². The van der Waals surface area contributed by atoms with Crippen LogP contribution in [0.2, 0.25) is 0 Å². The summed E-state index contributed by atoms with van der Waals surface area (Å²) in [5, 5.41) is 121. The molecular weight excluding hydrogens is 1390 g/mol. The van der Waals surface area contributed by atoms with E-state index >= 15 is 0 Å². The Labute approximate surface area is 667 Å². The maximum absolute atomic E-state index is 13.5. The molecule has 19 heteroatoms. The maximum atomic E-state index is 13.5. The molecule has 1 amide bonds. The minimum atomic E-state index is -1.97. The van der Waals surface area contributed by atoms with Gasteiger partial charge in [0.05, 0.1) is 38.6 Å². The number of hydrogen-bond acceptors (Lipinski definition) is 18. The number of carbonyl (C=O) groups is 1. The quantitative estimate of drug-likeness (QED) is 0.0199. The first kappa shape index (κ1) is 101. The molecule has 12 N–H and O–H groups in total. The third-order valence-corrected chi connectivity index (χ3v) is 22.0. The van der Waals surface area contributed by atoms with E-state index in [9.17, 15) is 61.0 Å². The first-order chi connectivity index (χ1) is 53.8. The molecule has 3 aliphatic heterocycles. The highest BCUT2D eigenvalue weighted by Gasteiger charge is 2.54. The molecule has 3 aliphatic rings. The smallest absolute Gasteiger partial charge is 0.220 e. The first-order valence-corrected chi connectivity index (χ1v) is 44.8. The maximum Gasteiger partial charge on any atom is 0.220 e. The van der Waals surface area contributed by atoms with Gasteiger partial charge in [0.1, 0.15) is 73.2 Å². The molecule has 0 bridgehead atoms. The van der Waals surface area contributed by atoms with E-state index < -0.39 is 124 Å². The van der Waals surface area contributed by atoms with Crippen LogP contribution in [0, 0.1) is 0 Å². The molecule has 3 rings (SSSR count). The SMILES string of the molecule is CC/C=C\C/C=C\C/C=C\C/C=C\C/C=C\C/C=C\C/C=C\CCCCCCCCCCCCCCCCCCCCCC(=O)NC(COC1OC(CO)C(OC2OC(CO)C(OC3OC(CO)C(O)C(O)C3O)C(O)C2O)C(O)C1O)C(O)CCCCCCCCCCCCCCCCCCCCCCCCCC. The average Bonchev–Trinajstić information content (AvgIpc) is 0.782. The van der Waals surface area contributed by atoms with Crippen molar-refractivity contribution >= 4 is 5.91 Å². The summed E-state index contributed by atoms with van der Waals surface area (Å²) in [6, 6.07) is -0.891. The van der Waals surface area contributed by atoms with Crippen LogP contribution in [0.3, 0.4) is 0 Å². The number of aliphatic hydroxyl groups is 11. The lowest BCUT2D eigenvalue weighted by atomic mass is 9.96. The summed E-state index contributed by atoms with van der Waals surface area (Å²) in [7, 11) is 0. The van der Waals surface area contributed by atoms with Gasteiger partial charge in [0.15, 0.2) is 18.9 Å². The molecule has 19 nitrogen and oxygen atoms in total. The molecule has 0 aromatic rings. The molecule has 640 valence electrons. The molecule has 110 heavy (non-hydrogen) atoms. The highest BCUT2D eigenvalue weighted by molar-refractivity contribution is 5.76. The molecule has 3 fully saturated rings. The van der Waals surface area contributed by atoms with Crippen molar-refractivity contribution in [2.45, 2.75) is 458 Å². The van der Waals surface area contributed by atoms with Crippen molar-refractivity contribution in [3.05, 3.63) is 85.1 Å². The number of unbranched alkanes of at least 4 members (excludes halogenated alkanes) is 42. The first-order valence-electron chi connectivity index (χ1n) is 44.8. The number of aliphatic hydroxyl groups excluding tert-OH is 11. The second-order valence-corrected chi connectivity index (χ2v) is 31.7. The molecule has 3 heterocycles. The van der Waals surface area contributed by atoms with E-state index in [1.807, 2.05) is 0 Å². The van der Waals surface area contributed by atoms with Crippen LogP contribution in [0.4, 0.5) is 0 Å². The summed E-state index contributed by atoms with van der Waals surface area (Å²) in [4.78, 5) is 13.5. The Morgan fingerprint density at radius 2 is 0.627 bits per heavy atom. The fourth-order valence-corrected chi connectivity index (χ4v) is 14.9. The molecule has 0 aliphatic carbocycles. The molecular formula is C91H163NO18. The third kappa shape index (κ3) is 48.5. The van der Waals surface area contributed by atoms with Gasteiger partial charge in [-0.05, 0) is 70.6 Å². The number of allylic oxidation sites excluding steroid dienone is 14. The summed E-state index contributed by atoms with van der Waals surface area (Å²) in [5.74, 6) is -0.238. The number of carbonyl (C=O) groups excluding carboxylic acids is 1. The van der Waals surface area contributed by atoms with Gasteiger partial charge in [-0.15, -0.1) is 0 Å². The molecule has 0 saturated carbocycles. The van der Waals surface area contributed by atoms with Gasteiger partial charge in [0, 0.05) is 6.42 Å². The number of hydrogen-bond donors (Lipinski definition) is 12. The van der Waals surface area contributed by atoms with E-state index in [2.05, 4.69) is 104 Å². The van der Waals surface area contributed by atoms with Crippen LogP contribution < -0.4 is 5.32 Å². The Bertz CT molecular complexity index is 2310. The van der Waals surface area contributed by atoms with Gasteiger partial charge in [0.25, 0.3) is 0 Å². The summed E-state index contributed by atoms with van der Waals surface area (Å²) in [6.07, 6.45) is 68.3. The van der Waals surface area contributed by atoms with Crippen LogP contribution in [0.1, 0.15) is 354 Å². The average molecular weight is 1560 g/mol. The van der Waals surface area contributed by atoms with Crippen molar-refractivity contribution < 1.29 is 89.4 Å². The minimum absolute atomic E-state index is 0.238. The second-order valence-electron chi connectivity index (χ2n) is 31.7. The van der Waals surface area contributed by atoms with Gasteiger partial charge in [-0.3, -0.25) is 4.79 Å². The predicted molar refractivity (Wildman–Crippen MR) is 443 cm³/mol. The van der Waals surface area contributed by atoms with Gasteiger partial charge in [-0.25, -0.2) is 0 Å². The Balaban J connectivity index is 1.30. The van der Waals surface area contributed by atoms with Crippen molar-refractivity contribution in [1.82, 2.24) is 5.32 Å². The van der Waals surface area contributed by atoms with Crippen molar-refractivity contribution in [3.8, 4) is 0 Å². The lowest BCUT2D eigenvalue weighted by molar-refractivity contribution is -0.379. The summed E-state index contributed by atoms with van der Waals surface area (Å²) >= 11 is 0. The largest absolute Gasteiger partial charge is 0.394 e. The fraction of sp³-hybridized carbons (Fsp3) is 0.835. The molecule has 0 radical (unpaired) electrons. The van der Waals surface area contributed by atoms with Gasteiger partial charge >= 0.3 is 0 Å². The number of ether oxygens (including phenoxy) is 6. The summed E-state index contributed by atoms with van der Waals surface area (Å²) in [6.45, 7) is 1.74. The van der Waals surface area contributed by atoms with Crippen molar-refractivity contribution in [3.63, 3.8) is 0 Å². The predicted octanol–water partition coefficient (Wildman–Crippen LogP) is 16.9. The van der Waals surface area contributed by atoms with E-state index in [0.717, 1.165) is 89.9 Å². The van der Waals surface area contributed by atoms with Crippen LogP contribution >= 0.6 is 0 Å². The third-order valence-electron chi connectivity index (χ3n) is 22.0. The van der Waals surface area contributed by atoms with Crippen LogP contribution in [-0.2, 0) is 33.2 Å². The molecule has 3 saturated heterocycles. The Morgan fingerprint density at radius 3 is 0.982 bits per heavy atom. The van der Waals surface area contributed by atoms with Crippen LogP contribution in [0.25, 0.3) is 0 Å². The lowest BCUT2D eigenvalue weighted by Crippen LogP contribution is -2.66. The monoisotopic (exact) mass is 1560 g/mol. The van der Waals surface area contributed by atoms with E-state index in [1.165, 1.54) is 231 Å². The molecule has 0 spiro atoms. The summed E-state index contributed by atoms with van der Waals surface area (Å²) < 4.78 is 34.6. The van der Waals surface area contributed by atoms with E-state index in [-0.39, 0.29) is 18.9 Å². The second kappa shape index (κ2) is 70.2. The minimum Gasteiger partial charge on any atom is -0.394 e. The Kier molecular flexibility index (Phi) is 64.6. The van der Waals surface area contributed by atoms with E-state index in [1.54, 1.807) is 0 Å². The van der Waals surface area contributed by atoms with Crippen molar-refractivity contribution in [1.29, 1.82) is 0 Å². The van der Waals surface area contributed by atoms with Gasteiger partial charge < -0.3 is 89.9 Å². The van der Waals surface area contributed by atoms with Crippen LogP contribution in [0.15, 0.2) is 85.1 Å². The molecule has 0 aromatic heterocycles. The van der Waals surface area contributed by atoms with Gasteiger partial charge in [0.2, 0.25) is 5.91 Å². The van der Waals surface area contributed by atoms with Crippen molar-refractivity contribution in [2.24, 2.45) is 0 Å². The fourth-order valence-electron chi connectivity index (χ4n) is 14.9. The zero-order valence-corrected chi connectivity index (χ0v) is 69.0. The molecule has 17 atom stereocenters. The topological polar surface area (TPSA) is 307 Å². The lowest BCUT2D eigenvalue weighted by Gasteiger charge is -2.48. The Morgan fingerprint density at radius 1 is 0.336 bits per heavy atom. The highest BCUT2D eigenvalue weighted by atomic mass is 16.8.